The molecule has 0 spiro atoms. The predicted octanol–water partition coefficient (Wildman–Crippen LogP) is 2.03. The summed E-state index contributed by atoms with van der Waals surface area (Å²) in [7, 11) is 1.42. The number of carbonyl (C=O) groups is 1. The normalized spacial score (nSPS) is 19.1. The van der Waals surface area contributed by atoms with Crippen LogP contribution in [0.4, 0.5) is 4.79 Å². The molecule has 4 nitrogen and oxygen atoms in total. The Kier molecular flexibility index (Phi) is 4.61. The van der Waals surface area contributed by atoms with Gasteiger partial charge < -0.3 is 9.64 Å². The molecule has 0 bridgehead atoms. The van der Waals surface area contributed by atoms with Crippen LogP contribution in [0.5, 0.6) is 0 Å². The average Bonchev–Trinajstić information content (AvgIpc) is 2.15. The van der Waals surface area contributed by atoms with Crippen LogP contribution in [0, 0.1) is 0 Å². The van der Waals surface area contributed by atoms with Crippen LogP contribution in [0.15, 0.2) is 0 Å². The Hall–Kier alpha value is -0.0700. The van der Waals surface area contributed by atoms with E-state index in [1.54, 1.807) is 4.90 Å². The zero-order chi connectivity index (χ0) is 11.5. The van der Waals surface area contributed by atoms with E-state index in [-0.39, 0.29) is 6.09 Å². The van der Waals surface area contributed by atoms with Crippen LogP contribution >= 0.6 is 22.6 Å². The van der Waals surface area contributed by atoms with Gasteiger partial charge in [0, 0.05) is 26.2 Å². The monoisotopic (exact) mass is 250 g/mol. The molecule has 1 aliphatic rings. The van der Waals surface area contributed by atoms with Crippen molar-refractivity contribution in [2.45, 2.75) is 26.4 Å². The molecule has 1 amide bonds. The molecule has 1 aliphatic heterocycles. The Labute approximate surface area is 100 Å². The zero-order valence-corrected chi connectivity index (χ0v) is 11.1. The Balaban J connectivity index is 2.37. The van der Waals surface area contributed by atoms with Crippen molar-refractivity contribution in [2.24, 2.45) is 0 Å². The molecule has 0 atom stereocenters. The molecule has 1 saturated heterocycles. The Bertz CT molecular complexity index is 223. The van der Waals surface area contributed by atoms with Gasteiger partial charge in [-0.3, -0.25) is 0 Å². The van der Waals surface area contributed by atoms with E-state index in [0.717, 1.165) is 13.1 Å². The minimum absolute atomic E-state index is 0.216. The van der Waals surface area contributed by atoms with Crippen molar-refractivity contribution in [3.63, 3.8) is 0 Å². The topological polar surface area (TPSA) is 32.8 Å². The number of carbonyl (C=O) groups excluding carboxylic acids is 1. The lowest BCUT2D eigenvalue weighted by Gasteiger charge is -2.33. The first kappa shape index (κ1) is 13.0. The van der Waals surface area contributed by atoms with Crippen molar-refractivity contribution in [1.29, 1.82) is 0 Å². The number of thiol groups is 1. The number of nitrogens with zero attached hydrogens (tertiary/aromatic N) is 2. The van der Waals surface area contributed by atoms with E-state index < -0.39 is 5.60 Å². The molecule has 15 heavy (non-hydrogen) atoms. The van der Waals surface area contributed by atoms with Gasteiger partial charge in [-0.1, -0.05) is 11.7 Å². The van der Waals surface area contributed by atoms with E-state index in [4.69, 9.17) is 4.74 Å². The molecule has 1 rings (SSSR count). The largest absolute Gasteiger partial charge is 0.444 e. The molecule has 0 unspecified atom stereocenters. The van der Waals surface area contributed by atoms with Crippen LogP contribution in [0.1, 0.15) is 20.8 Å². The van der Waals surface area contributed by atoms with E-state index in [0.29, 0.717) is 13.1 Å². The number of hydrogen-bond acceptors (Lipinski definition) is 5. The molecule has 0 aromatic carbocycles. The second-order valence-electron chi connectivity index (χ2n) is 4.48. The van der Waals surface area contributed by atoms with Crippen LogP contribution in [0.3, 0.4) is 0 Å². The minimum atomic E-state index is -0.410. The summed E-state index contributed by atoms with van der Waals surface area (Å²) in [5.41, 5.74) is -0.410. The first-order valence-corrected chi connectivity index (χ1v) is 6.79. The third-order valence-electron chi connectivity index (χ3n) is 2.01. The van der Waals surface area contributed by atoms with E-state index in [1.807, 2.05) is 20.8 Å². The maximum absolute atomic E-state index is 11.7. The summed E-state index contributed by atoms with van der Waals surface area (Å²) in [6, 6.07) is 0. The molecule has 6 heteroatoms. The van der Waals surface area contributed by atoms with Crippen LogP contribution in [0.2, 0.25) is 0 Å². The predicted molar refractivity (Wildman–Crippen MR) is 66.0 cm³/mol. The molecule has 0 saturated carbocycles. The van der Waals surface area contributed by atoms with Crippen LogP contribution in [-0.4, -0.2) is 47.1 Å². The first-order chi connectivity index (χ1) is 6.92. The lowest BCUT2D eigenvalue weighted by molar-refractivity contribution is 0.0198. The van der Waals surface area contributed by atoms with Crippen LogP contribution < -0.4 is 0 Å². The smallest absolute Gasteiger partial charge is 0.410 e. The number of amides is 1. The molecule has 0 N–H and O–H groups in total. The molecular formula is C9H18N2O2S2. The summed E-state index contributed by atoms with van der Waals surface area (Å²) in [5.74, 6) is 0. The highest BCUT2D eigenvalue weighted by Gasteiger charge is 2.25. The Morgan fingerprint density at radius 1 is 1.27 bits per heavy atom. The highest BCUT2D eigenvalue weighted by Crippen LogP contribution is 2.17. The number of rotatable bonds is 1. The van der Waals surface area contributed by atoms with Gasteiger partial charge in [0.05, 0.1) is 0 Å². The lowest BCUT2D eigenvalue weighted by atomic mass is 10.2. The third kappa shape index (κ3) is 4.53. The van der Waals surface area contributed by atoms with Crippen molar-refractivity contribution in [3.05, 3.63) is 0 Å². The fourth-order valence-electron chi connectivity index (χ4n) is 1.28. The van der Waals surface area contributed by atoms with E-state index in [2.05, 4.69) is 16.0 Å². The van der Waals surface area contributed by atoms with Crippen molar-refractivity contribution in [1.82, 2.24) is 9.21 Å². The summed E-state index contributed by atoms with van der Waals surface area (Å²) in [6.45, 7) is 8.74. The Morgan fingerprint density at radius 3 is 2.20 bits per heavy atom. The number of hydrogen-bond donors (Lipinski definition) is 1. The summed E-state index contributed by atoms with van der Waals surface area (Å²) in [6.07, 6.45) is -0.216. The fraction of sp³-hybridized carbons (Fsp3) is 0.889. The number of piperazine rings is 1. The summed E-state index contributed by atoms with van der Waals surface area (Å²) < 4.78 is 7.40. The van der Waals surface area contributed by atoms with E-state index in [9.17, 15) is 4.79 Å². The van der Waals surface area contributed by atoms with Gasteiger partial charge in [0.15, 0.2) is 0 Å². The highest BCUT2D eigenvalue weighted by molar-refractivity contribution is 8.67. The van der Waals surface area contributed by atoms with Gasteiger partial charge in [-0.2, -0.15) is 0 Å². The average molecular weight is 250 g/mol. The van der Waals surface area contributed by atoms with Gasteiger partial charge in [0.1, 0.15) is 5.60 Å². The SMILES string of the molecule is CC(C)(C)OC(=O)N1CCN(SS)CC1. The maximum atomic E-state index is 11.7. The molecule has 0 aromatic rings. The van der Waals surface area contributed by atoms with Gasteiger partial charge in [-0.15, -0.1) is 0 Å². The Morgan fingerprint density at radius 2 is 1.80 bits per heavy atom. The van der Waals surface area contributed by atoms with Gasteiger partial charge in [0.2, 0.25) is 0 Å². The quantitative estimate of drug-likeness (QED) is 0.438. The molecule has 88 valence electrons. The zero-order valence-electron chi connectivity index (χ0n) is 9.39. The summed E-state index contributed by atoms with van der Waals surface area (Å²) >= 11 is 4.12. The van der Waals surface area contributed by atoms with Crippen molar-refractivity contribution in [2.75, 3.05) is 26.2 Å². The van der Waals surface area contributed by atoms with Gasteiger partial charge in [0.25, 0.3) is 0 Å². The number of ether oxygens (including phenoxy) is 1. The summed E-state index contributed by atoms with van der Waals surface area (Å²) in [5, 5.41) is 0. The summed E-state index contributed by atoms with van der Waals surface area (Å²) in [4.78, 5) is 13.4. The van der Waals surface area contributed by atoms with Crippen molar-refractivity contribution >= 4 is 28.7 Å². The molecular weight excluding hydrogens is 232 g/mol. The first-order valence-electron chi connectivity index (χ1n) is 4.97. The van der Waals surface area contributed by atoms with Crippen molar-refractivity contribution < 1.29 is 9.53 Å². The molecule has 1 fully saturated rings. The van der Waals surface area contributed by atoms with Gasteiger partial charge >= 0.3 is 6.09 Å². The highest BCUT2D eigenvalue weighted by atomic mass is 33.1. The van der Waals surface area contributed by atoms with E-state index in [1.165, 1.54) is 11.0 Å². The second-order valence-corrected chi connectivity index (χ2v) is 5.65. The fourth-order valence-corrected chi connectivity index (χ4v) is 2.10. The van der Waals surface area contributed by atoms with E-state index >= 15 is 0 Å². The van der Waals surface area contributed by atoms with Gasteiger partial charge in [-0.05, 0) is 31.8 Å². The van der Waals surface area contributed by atoms with Crippen molar-refractivity contribution in [3.8, 4) is 0 Å². The maximum Gasteiger partial charge on any atom is 0.410 e. The van der Waals surface area contributed by atoms with Gasteiger partial charge in [-0.25, -0.2) is 9.10 Å². The molecule has 0 radical (unpaired) electrons. The third-order valence-corrected chi connectivity index (χ3v) is 3.29. The molecule has 0 aliphatic carbocycles. The van der Waals surface area contributed by atoms with Crippen LogP contribution in [0.25, 0.3) is 0 Å². The van der Waals surface area contributed by atoms with Crippen LogP contribution in [-0.2, 0) is 4.74 Å². The second kappa shape index (κ2) is 5.32. The molecule has 0 aromatic heterocycles. The molecule has 1 heterocycles. The minimum Gasteiger partial charge on any atom is -0.444 e. The standard InChI is InChI=1S/C9H18N2O2S2/c1-9(2,3)13-8(12)10-4-6-11(15-14)7-5-10/h14H,4-7H2,1-3H3. The lowest BCUT2D eigenvalue weighted by Crippen LogP contribution is -2.47.